The van der Waals surface area contributed by atoms with Gasteiger partial charge in [-0.3, -0.25) is 24.1 Å². The van der Waals surface area contributed by atoms with Crippen molar-refractivity contribution in [2.24, 2.45) is 11.8 Å². The molecule has 0 aromatic heterocycles. The van der Waals surface area contributed by atoms with Crippen molar-refractivity contribution in [2.45, 2.75) is 45.3 Å². The van der Waals surface area contributed by atoms with Gasteiger partial charge >= 0.3 is 12.1 Å². The van der Waals surface area contributed by atoms with Crippen LogP contribution in [0.2, 0.25) is 0 Å². The number of likely N-dealkylation sites (tertiary alicyclic amines) is 1. The summed E-state index contributed by atoms with van der Waals surface area (Å²) in [5, 5.41) is 0. The van der Waals surface area contributed by atoms with E-state index in [0.29, 0.717) is 57.7 Å². The van der Waals surface area contributed by atoms with Crippen LogP contribution in [0.25, 0.3) is 0 Å². The Bertz CT molecular complexity index is 1350. The second-order valence-corrected chi connectivity index (χ2v) is 10.7. The Hall–Kier alpha value is -3.89. The molecule has 0 bridgehead atoms. The maximum Gasteiger partial charge on any atom is 0.416 e. The molecule has 2 aromatic rings. The highest BCUT2D eigenvalue weighted by atomic mass is 19.4. The molecular formula is C30H32F3N3O5. The first kappa shape index (κ1) is 28.6. The first-order valence-corrected chi connectivity index (χ1v) is 13.9. The highest BCUT2D eigenvalue weighted by molar-refractivity contribution is 6.23. The van der Waals surface area contributed by atoms with Gasteiger partial charge in [-0.15, -0.1) is 0 Å². The van der Waals surface area contributed by atoms with Gasteiger partial charge in [0.2, 0.25) is 5.91 Å². The first-order chi connectivity index (χ1) is 19.6. The van der Waals surface area contributed by atoms with Crippen LogP contribution >= 0.6 is 0 Å². The number of amides is 3. The molecule has 0 spiro atoms. The highest BCUT2D eigenvalue weighted by Crippen LogP contribution is 2.36. The van der Waals surface area contributed by atoms with Crippen molar-refractivity contribution in [3.05, 3.63) is 64.7 Å². The van der Waals surface area contributed by atoms with Crippen molar-refractivity contribution in [1.29, 1.82) is 0 Å². The summed E-state index contributed by atoms with van der Waals surface area (Å²) >= 11 is 0. The van der Waals surface area contributed by atoms with Gasteiger partial charge in [0.1, 0.15) is 0 Å². The minimum absolute atomic E-state index is 0.0236. The number of fused-ring (bicyclic) bond motifs is 1. The van der Waals surface area contributed by atoms with Gasteiger partial charge in [0.05, 0.1) is 41.4 Å². The van der Waals surface area contributed by atoms with E-state index in [-0.39, 0.29) is 46.9 Å². The summed E-state index contributed by atoms with van der Waals surface area (Å²) in [6.45, 7) is 3.77. The van der Waals surface area contributed by atoms with Crippen LogP contribution in [0, 0.1) is 11.8 Å². The van der Waals surface area contributed by atoms with E-state index in [4.69, 9.17) is 4.74 Å². The number of carbonyl (C=O) groups is 4. The minimum Gasteiger partial charge on any atom is -0.466 e. The Morgan fingerprint density at radius 1 is 0.951 bits per heavy atom. The third kappa shape index (κ3) is 5.80. The average Bonchev–Trinajstić information content (AvgIpc) is 3.21. The summed E-state index contributed by atoms with van der Waals surface area (Å²) in [6.07, 6.45) is -1.97. The van der Waals surface area contributed by atoms with Crippen molar-refractivity contribution in [2.75, 3.05) is 37.7 Å². The van der Waals surface area contributed by atoms with Crippen LogP contribution in [0.15, 0.2) is 42.5 Å². The summed E-state index contributed by atoms with van der Waals surface area (Å²) in [6, 6.07) is 9.61. The van der Waals surface area contributed by atoms with E-state index in [1.54, 1.807) is 30.0 Å². The summed E-state index contributed by atoms with van der Waals surface area (Å²) in [5.41, 5.74) is 0.404. The molecule has 2 fully saturated rings. The number of ether oxygens (including phenoxy) is 1. The van der Waals surface area contributed by atoms with Crippen LogP contribution in [0.5, 0.6) is 0 Å². The fourth-order valence-electron chi connectivity index (χ4n) is 6.01. The minimum atomic E-state index is -4.53. The van der Waals surface area contributed by atoms with Gasteiger partial charge in [-0.25, -0.2) is 0 Å². The quantitative estimate of drug-likeness (QED) is 0.375. The van der Waals surface area contributed by atoms with E-state index in [1.165, 1.54) is 12.1 Å². The highest BCUT2D eigenvalue weighted by Gasteiger charge is 2.40. The van der Waals surface area contributed by atoms with Gasteiger partial charge < -0.3 is 14.5 Å². The molecule has 2 aromatic carbocycles. The molecule has 3 heterocycles. The van der Waals surface area contributed by atoms with E-state index >= 15 is 0 Å². The number of anilines is 1. The molecule has 41 heavy (non-hydrogen) atoms. The predicted molar refractivity (Wildman–Crippen MR) is 143 cm³/mol. The summed E-state index contributed by atoms with van der Waals surface area (Å²) in [5.74, 6) is -1.85. The van der Waals surface area contributed by atoms with Crippen molar-refractivity contribution >= 4 is 29.4 Å². The molecule has 1 atom stereocenters. The average molecular weight is 572 g/mol. The van der Waals surface area contributed by atoms with E-state index in [2.05, 4.69) is 0 Å². The number of nitrogens with zero attached hydrogens (tertiary/aromatic N) is 3. The molecule has 3 aliphatic heterocycles. The second kappa shape index (κ2) is 11.5. The van der Waals surface area contributed by atoms with Gasteiger partial charge in [-0.2, -0.15) is 13.2 Å². The number of benzene rings is 2. The largest absolute Gasteiger partial charge is 0.466 e. The van der Waals surface area contributed by atoms with Gasteiger partial charge in [0, 0.05) is 32.1 Å². The Morgan fingerprint density at radius 3 is 2.39 bits per heavy atom. The van der Waals surface area contributed by atoms with Crippen LogP contribution in [0.1, 0.15) is 64.4 Å². The summed E-state index contributed by atoms with van der Waals surface area (Å²) < 4.78 is 44.7. The third-order valence-electron chi connectivity index (χ3n) is 8.11. The standard InChI is InChI=1S/C30H32F3N3O5/c1-2-41-29(40)21-7-5-13-35(18-21)26(37)20-11-14-34(15-12-20)24-10-4-9-23-25(24)28(39)36(27(23)38)17-19-6-3-8-22(16-19)30(31,32)33/h3-4,6,8-10,16,20-21H,2,5,7,11-15,17-18H2,1H3/t21-/m0/s1. The van der Waals surface area contributed by atoms with Gasteiger partial charge in [0.15, 0.2) is 0 Å². The van der Waals surface area contributed by atoms with E-state index in [9.17, 15) is 32.3 Å². The van der Waals surface area contributed by atoms with Crippen LogP contribution in [-0.4, -0.2) is 66.3 Å². The lowest BCUT2D eigenvalue weighted by Gasteiger charge is -2.38. The maximum absolute atomic E-state index is 13.4. The normalized spacial score (nSPS) is 19.9. The maximum atomic E-state index is 13.4. The number of imide groups is 1. The van der Waals surface area contributed by atoms with Crippen molar-refractivity contribution in [3.8, 4) is 0 Å². The molecule has 5 rings (SSSR count). The van der Waals surface area contributed by atoms with E-state index in [1.807, 2.05) is 4.90 Å². The first-order valence-electron chi connectivity index (χ1n) is 13.9. The van der Waals surface area contributed by atoms with E-state index in [0.717, 1.165) is 23.5 Å². The fraction of sp³-hybridized carbons (Fsp3) is 0.467. The van der Waals surface area contributed by atoms with Crippen LogP contribution < -0.4 is 4.90 Å². The lowest BCUT2D eigenvalue weighted by atomic mass is 9.91. The van der Waals surface area contributed by atoms with Crippen molar-refractivity contribution < 1.29 is 37.1 Å². The van der Waals surface area contributed by atoms with Gasteiger partial charge in [-0.05, 0) is 62.4 Å². The molecule has 0 radical (unpaired) electrons. The summed E-state index contributed by atoms with van der Waals surface area (Å²) in [4.78, 5) is 56.8. The van der Waals surface area contributed by atoms with Crippen molar-refractivity contribution in [1.82, 2.24) is 9.80 Å². The summed E-state index contributed by atoms with van der Waals surface area (Å²) in [7, 11) is 0. The number of piperidine rings is 2. The molecule has 8 nitrogen and oxygen atoms in total. The molecule has 0 saturated carbocycles. The van der Waals surface area contributed by atoms with Gasteiger partial charge in [-0.1, -0.05) is 18.2 Å². The second-order valence-electron chi connectivity index (χ2n) is 10.7. The molecular weight excluding hydrogens is 539 g/mol. The molecule has 0 unspecified atom stereocenters. The molecule has 3 amide bonds. The number of carbonyl (C=O) groups excluding carboxylic acids is 4. The number of hydrogen-bond acceptors (Lipinski definition) is 6. The molecule has 3 aliphatic rings. The lowest BCUT2D eigenvalue weighted by molar-refractivity contribution is -0.152. The monoisotopic (exact) mass is 571 g/mol. The molecule has 218 valence electrons. The Kier molecular flexibility index (Phi) is 8.06. The third-order valence-corrected chi connectivity index (χ3v) is 8.11. The lowest BCUT2D eigenvalue weighted by Crippen LogP contribution is -2.47. The van der Waals surface area contributed by atoms with Crippen LogP contribution in [0.4, 0.5) is 18.9 Å². The smallest absolute Gasteiger partial charge is 0.416 e. The SMILES string of the molecule is CCOC(=O)[C@H]1CCCN(C(=O)C2CCN(c3cccc4c3C(=O)N(Cc3cccc(C(F)(F)F)c3)C4=O)CC2)C1. The number of alkyl halides is 3. The van der Waals surface area contributed by atoms with Crippen LogP contribution in [-0.2, 0) is 27.0 Å². The Labute approximate surface area is 236 Å². The zero-order chi connectivity index (χ0) is 29.3. The van der Waals surface area contributed by atoms with E-state index < -0.39 is 23.6 Å². The zero-order valence-electron chi connectivity index (χ0n) is 22.8. The zero-order valence-corrected chi connectivity index (χ0v) is 22.8. The Balaban J connectivity index is 1.25. The molecule has 11 heteroatoms. The number of halogens is 3. The Morgan fingerprint density at radius 2 is 1.68 bits per heavy atom. The topological polar surface area (TPSA) is 87.2 Å². The van der Waals surface area contributed by atoms with Gasteiger partial charge in [0.25, 0.3) is 11.8 Å². The molecule has 2 saturated heterocycles. The van der Waals surface area contributed by atoms with Crippen LogP contribution in [0.3, 0.4) is 0 Å². The molecule has 0 aliphatic carbocycles. The van der Waals surface area contributed by atoms with Crippen molar-refractivity contribution in [3.63, 3.8) is 0 Å². The fourth-order valence-corrected chi connectivity index (χ4v) is 6.01. The molecule has 0 N–H and O–H groups in total. The number of esters is 1. The predicted octanol–water partition coefficient (Wildman–Crippen LogP) is 4.52. The number of hydrogen-bond donors (Lipinski definition) is 0. The number of rotatable bonds is 6.